The van der Waals surface area contributed by atoms with Gasteiger partial charge < -0.3 is 5.32 Å². The minimum atomic E-state index is 0.430. The summed E-state index contributed by atoms with van der Waals surface area (Å²) in [6.07, 6.45) is 11.5. The number of nitrogens with one attached hydrogen (secondary N) is 1. The van der Waals surface area contributed by atoms with Gasteiger partial charge in [0, 0.05) is 30.7 Å². The molecule has 1 saturated heterocycles. The highest BCUT2D eigenvalue weighted by molar-refractivity contribution is 5.01. The van der Waals surface area contributed by atoms with E-state index >= 15 is 0 Å². The van der Waals surface area contributed by atoms with Crippen LogP contribution in [0.15, 0.2) is 12.7 Å². The van der Waals surface area contributed by atoms with Crippen LogP contribution in [0.25, 0.3) is 0 Å². The van der Waals surface area contributed by atoms with Crippen molar-refractivity contribution >= 4 is 0 Å². The third kappa shape index (κ3) is 2.97. The van der Waals surface area contributed by atoms with Crippen LogP contribution in [0.5, 0.6) is 0 Å². The Balaban J connectivity index is 2.05. The molecule has 0 radical (unpaired) electrons. The van der Waals surface area contributed by atoms with Crippen molar-refractivity contribution in [3.63, 3.8) is 0 Å². The zero-order chi connectivity index (χ0) is 13.0. The largest absolute Gasteiger partial charge is 0.308 e. The maximum Gasteiger partial charge on any atom is 0.0309 e. The van der Waals surface area contributed by atoms with Gasteiger partial charge in [-0.1, -0.05) is 32.3 Å². The van der Waals surface area contributed by atoms with Gasteiger partial charge in [-0.2, -0.15) is 0 Å². The lowest BCUT2D eigenvalue weighted by Gasteiger charge is -2.51. The van der Waals surface area contributed by atoms with Crippen molar-refractivity contribution in [3.8, 4) is 0 Å². The number of hydrogen-bond acceptors (Lipinski definition) is 2. The van der Waals surface area contributed by atoms with Gasteiger partial charge in [0.2, 0.25) is 0 Å². The Labute approximate surface area is 113 Å². The summed E-state index contributed by atoms with van der Waals surface area (Å²) < 4.78 is 0. The molecule has 104 valence electrons. The molecule has 2 heteroatoms. The Morgan fingerprint density at radius 1 is 1.39 bits per heavy atom. The molecule has 1 aliphatic carbocycles. The molecule has 0 aromatic carbocycles. The van der Waals surface area contributed by atoms with Crippen LogP contribution < -0.4 is 5.32 Å². The fourth-order valence-corrected chi connectivity index (χ4v) is 3.82. The van der Waals surface area contributed by atoms with Crippen LogP contribution in [-0.4, -0.2) is 35.6 Å². The smallest absolute Gasteiger partial charge is 0.0309 e. The van der Waals surface area contributed by atoms with Gasteiger partial charge in [-0.15, -0.1) is 6.58 Å². The SMILES string of the molecule is C=CCC(C)N1CC2(CCCCC2)NCC1CC. The molecule has 1 aliphatic heterocycles. The van der Waals surface area contributed by atoms with Gasteiger partial charge in [0.05, 0.1) is 0 Å². The molecule has 0 aromatic heterocycles. The van der Waals surface area contributed by atoms with E-state index in [1.54, 1.807) is 0 Å². The quantitative estimate of drug-likeness (QED) is 0.770. The summed E-state index contributed by atoms with van der Waals surface area (Å²) in [6, 6.07) is 1.36. The van der Waals surface area contributed by atoms with Crippen molar-refractivity contribution in [2.75, 3.05) is 13.1 Å². The van der Waals surface area contributed by atoms with Gasteiger partial charge in [0.15, 0.2) is 0 Å². The van der Waals surface area contributed by atoms with Crippen molar-refractivity contribution < 1.29 is 0 Å². The molecule has 18 heavy (non-hydrogen) atoms. The summed E-state index contributed by atoms with van der Waals surface area (Å²) in [5.41, 5.74) is 0.430. The summed E-state index contributed by atoms with van der Waals surface area (Å²) in [6.45, 7) is 11.0. The number of rotatable bonds is 4. The minimum absolute atomic E-state index is 0.430. The van der Waals surface area contributed by atoms with E-state index in [-0.39, 0.29) is 0 Å². The van der Waals surface area contributed by atoms with Gasteiger partial charge in [-0.3, -0.25) is 4.90 Å². The molecule has 2 fully saturated rings. The van der Waals surface area contributed by atoms with E-state index in [0.29, 0.717) is 17.6 Å². The van der Waals surface area contributed by atoms with Crippen LogP contribution in [0.4, 0.5) is 0 Å². The Kier molecular flexibility index (Phi) is 4.85. The molecule has 1 N–H and O–H groups in total. The van der Waals surface area contributed by atoms with Gasteiger partial charge >= 0.3 is 0 Å². The highest BCUT2D eigenvalue weighted by atomic mass is 15.3. The maximum absolute atomic E-state index is 3.91. The van der Waals surface area contributed by atoms with E-state index in [1.165, 1.54) is 51.6 Å². The van der Waals surface area contributed by atoms with E-state index in [9.17, 15) is 0 Å². The van der Waals surface area contributed by atoms with E-state index in [0.717, 1.165) is 6.42 Å². The Morgan fingerprint density at radius 2 is 2.11 bits per heavy atom. The van der Waals surface area contributed by atoms with Crippen molar-refractivity contribution in [1.29, 1.82) is 0 Å². The van der Waals surface area contributed by atoms with Crippen LogP contribution in [0, 0.1) is 0 Å². The van der Waals surface area contributed by atoms with Crippen LogP contribution >= 0.6 is 0 Å². The fourth-order valence-electron chi connectivity index (χ4n) is 3.82. The summed E-state index contributed by atoms with van der Waals surface area (Å²) in [5, 5.41) is 3.89. The van der Waals surface area contributed by atoms with Gasteiger partial charge in [-0.05, 0) is 32.6 Å². The molecular weight excluding hydrogens is 220 g/mol. The van der Waals surface area contributed by atoms with Crippen molar-refractivity contribution in [3.05, 3.63) is 12.7 Å². The summed E-state index contributed by atoms with van der Waals surface area (Å²) in [7, 11) is 0. The molecule has 0 bridgehead atoms. The second-order valence-corrected chi connectivity index (χ2v) is 6.33. The van der Waals surface area contributed by atoms with Gasteiger partial charge in [0.25, 0.3) is 0 Å². The average Bonchev–Trinajstić information content (AvgIpc) is 2.40. The number of piperazine rings is 1. The number of nitrogens with zero attached hydrogens (tertiary/aromatic N) is 1. The highest BCUT2D eigenvalue weighted by Crippen LogP contribution is 2.33. The van der Waals surface area contributed by atoms with Crippen molar-refractivity contribution in [1.82, 2.24) is 10.2 Å². The summed E-state index contributed by atoms with van der Waals surface area (Å²) in [4.78, 5) is 2.75. The third-order valence-corrected chi connectivity index (χ3v) is 5.02. The molecule has 0 amide bonds. The summed E-state index contributed by atoms with van der Waals surface area (Å²) in [5.74, 6) is 0. The molecule has 1 saturated carbocycles. The first-order valence-electron chi connectivity index (χ1n) is 7.82. The van der Waals surface area contributed by atoms with E-state index in [2.05, 4.69) is 36.7 Å². The Hall–Kier alpha value is -0.340. The second kappa shape index (κ2) is 6.21. The number of hydrogen-bond donors (Lipinski definition) is 1. The van der Waals surface area contributed by atoms with Crippen LogP contribution in [-0.2, 0) is 0 Å². The van der Waals surface area contributed by atoms with E-state index < -0.39 is 0 Å². The molecule has 1 heterocycles. The molecular formula is C16H30N2. The third-order valence-electron chi connectivity index (χ3n) is 5.02. The van der Waals surface area contributed by atoms with E-state index in [4.69, 9.17) is 0 Å². The predicted molar refractivity (Wildman–Crippen MR) is 78.9 cm³/mol. The predicted octanol–water partition coefficient (Wildman–Crippen LogP) is 3.34. The molecule has 2 rings (SSSR count). The zero-order valence-electron chi connectivity index (χ0n) is 12.3. The minimum Gasteiger partial charge on any atom is -0.308 e. The Bertz CT molecular complexity index is 268. The first kappa shape index (κ1) is 14.1. The molecule has 0 aromatic rings. The van der Waals surface area contributed by atoms with E-state index in [1.807, 2.05) is 0 Å². The van der Waals surface area contributed by atoms with Crippen LogP contribution in [0.3, 0.4) is 0 Å². The average molecular weight is 250 g/mol. The first-order chi connectivity index (χ1) is 8.71. The van der Waals surface area contributed by atoms with Crippen LogP contribution in [0.2, 0.25) is 0 Å². The fraction of sp³-hybridized carbons (Fsp3) is 0.875. The molecule has 2 nitrogen and oxygen atoms in total. The maximum atomic E-state index is 3.91. The lowest BCUT2D eigenvalue weighted by Crippen LogP contribution is -2.66. The molecule has 1 spiro atoms. The van der Waals surface area contributed by atoms with Crippen molar-refractivity contribution in [2.45, 2.75) is 76.4 Å². The lowest BCUT2D eigenvalue weighted by atomic mass is 9.78. The highest BCUT2D eigenvalue weighted by Gasteiger charge is 2.40. The van der Waals surface area contributed by atoms with Gasteiger partial charge in [0.1, 0.15) is 0 Å². The molecule has 2 unspecified atom stereocenters. The zero-order valence-corrected chi connectivity index (χ0v) is 12.3. The lowest BCUT2D eigenvalue weighted by molar-refractivity contribution is 0.0283. The topological polar surface area (TPSA) is 15.3 Å². The Morgan fingerprint density at radius 3 is 2.72 bits per heavy atom. The standard InChI is InChI=1S/C16H30N2/c1-4-9-14(3)18-13-16(10-7-6-8-11-16)17-12-15(18)5-2/h4,14-15,17H,1,5-13H2,2-3H3. The normalized spacial score (nSPS) is 30.2. The first-order valence-corrected chi connectivity index (χ1v) is 7.82. The van der Waals surface area contributed by atoms with Crippen LogP contribution in [0.1, 0.15) is 58.8 Å². The second-order valence-electron chi connectivity index (χ2n) is 6.33. The van der Waals surface area contributed by atoms with Crippen molar-refractivity contribution in [2.24, 2.45) is 0 Å². The monoisotopic (exact) mass is 250 g/mol. The molecule has 2 atom stereocenters. The summed E-state index contributed by atoms with van der Waals surface area (Å²) >= 11 is 0. The van der Waals surface area contributed by atoms with Gasteiger partial charge in [-0.25, -0.2) is 0 Å². The molecule has 2 aliphatic rings.